The van der Waals surface area contributed by atoms with Crippen LogP contribution < -0.4 is 0 Å². The number of hydrogen-bond donors (Lipinski definition) is 0. The zero-order chi connectivity index (χ0) is 20.9. The molecule has 1 aliphatic rings. The molecule has 0 saturated carbocycles. The van der Waals surface area contributed by atoms with Crippen molar-refractivity contribution in [1.82, 2.24) is 0 Å². The molecule has 5 rings (SSSR count). The fraction of sp³-hybridized carbons (Fsp3) is 0.0769. The van der Waals surface area contributed by atoms with Crippen LogP contribution in [0.3, 0.4) is 0 Å². The molecule has 0 radical (unpaired) electrons. The highest BCUT2D eigenvalue weighted by molar-refractivity contribution is 9.10. The Morgan fingerprint density at radius 3 is 0.967 bits per heavy atom. The van der Waals surface area contributed by atoms with Gasteiger partial charge in [0.2, 0.25) is 0 Å². The first kappa shape index (κ1) is 20.3. The predicted octanol–water partition coefficient (Wildman–Crippen LogP) is 8.59. The fourth-order valence-electron chi connectivity index (χ4n) is 4.44. The van der Waals surface area contributed by atoms with Crippen LogP contribution in [0.25, 0.3) is 0 Å². The normalized spacial score (nSPS) is 22.3. The molecule has 0 amide bonds. The maximum absolute atomic E-state index is 7.57. The molecule has 4 aromatic carbocycles. The second-order valence-corrected chi connectivity index (χ2v) is 10.4. The van der Waals surface area contributed by atoms with Gasteiger partial charge in [-0.1, -0.05) is 105 Å². The second kappa shape index (κ2) is 7.53. The number of hydrogen-bond acceptors (Lipinski definition) is 0. The Labute approximate surface area is 203 Å². The van der Waals surface area contributed by atoms with Crippen molar-refractivity contribution in [2.75, 3.05) is 0 Å². The lowest BCUT2D eigenvalue weighted by Gasteiger charge is -2.44. The standard InChI is InChI=1S/C26H16Br2Cl2/c27-19-13-9-17(10-14-19)25(29)21-5-1-2-6-22(21)26(30,18-11-15-20(28)16-12-18)24-8-4-3-7-23(24)25/h1-16H. The monoisotopic (exact) mass is 556 g/mol. The number of fused-ring (bicyclic) bond motifs is 2. The summed E-state index contributed by atoms with van der Waals surface area (Å²) in [6, 6.07) is 32.9. The van der Waals surface area contributed by atoms with E-state index in [0.29, 0.717) is 0 Å². The van der Waals surface area contributed by atoms with Crippen molar-refractivity contribution in [1.29, 1.82) is 0 Å². The summed E-state index contributed by atoms with van der Waals surface area (Å²) in [5.41, 5.74) is 6.05. The van der Waals surface area contributed by atoms with Crippen LogP contribution in [-0.4, -0.2) is 0 Å². The molecule has 0 aliphatic heterocycles. The van der Waals surface area contributed by atoms with Gasteiger partial charge in [0.05, 0.1) is 0 Å². The first-order valence-corrected chi connectivity index (χ1v) is 11.9. The van der Waals surface area contributed by atoms with E-state index in [1.54, 1.807) is 0 Å². The Balaban J connectivity index is 1.87. The van der Waals surface area contributed by atoms with Gasteiger partial charge >= 0.3 is 0 Å². The molecule has 0 fully saturated rings. The van der Waals surface area contributed by atoms with Gasteiger partial charge in [0.1, 0.15) is 9.75 Å². The average molecular weight is 559 g/mol. The number of halogens is 4. The van der Waals surface area contributed by atoms with Crippen LogP contribution >= 0.6 is 55.1 Å². The smallest absolute Gasteiger partial charge is 0.104 e. The molecule has 0 N–H and O–H groups in total. The number of benzene rings is 4. The second-order valence-electron chi connectivity index (χ2n) is 7.42. The van der Waals surface area contributed by atoms with E-state index in [1.807, 2.05) is 48.5 Å². The van der Waals surface area contributed by atoms with Gasteiger partial charge in [-0.05, 0) is 57.6 Å². The Morgan fingerprint density at radius 2 is 0.700 bits per heavy atom. The molecule has 0 nitrogen and oxygen atoms in total. The van der Waals surface area contributed by atoms with Gasteiger partial charge in [0.25, 0.3) is 0 Å². The topological polar surface area (TPSA) is 0 Å². The van der Waals surface area contributed by atoms with Crippen molar-refractivity contribution < 1.29 is 0 Å². The summed E-state index contributed by atoms with van der Waals surface area (Å²) < 4.78 is 2.04. The minimum atomic E-state index is -0.832. The van der Waals surface area contributed by atoms with Crippen LogP contribution in [0.2, 0.25) is 0 Å². The highest BCUT2D eigenvalue weighted by Gasteiger charge is 2.50. The molecule has 0 atom stereocenters. The zero-order valence-corrected chi connectivity index (χ0v) is 20.4. The molecule has 4 heteroatoms. The third-order valence-corrected chi connectivity index (χ3v) is 8.13. The van der Waals surface area contributed by atoms with E-state index in [9.17, 15) is 0 Å². The van der Waals surface area contributed by atoms with E-state index in [4.69, 9.17) is 23.2 Å². The summed E-state index contributed by atoms with van der Waals surface area (Å²) in [5.74, 6) is 0. The SMILES string of the molecule is ClC1(c2ccc(Br)cc2)c2ccccc2C(Cl)(c2ccc(Br)cc2)c2ccccc21. The van der Waals surface area contributed by atoms with Gasteiger partial charge in [0.15, 0.2) is 0 Å². The molecule has 30 heavy (non-hydrogen) atoms. The lowest BCUT2D eigenvalue weighted by molar-refractivity contribution is 0.729. The minimum Gasteiger partial charge on any atom is -0.104 e. The van der Waals surface area contributed by atoms with Crippen LogP contribution in [0.15, 0.2) is 106 Å². The lowest BCUT2D eigenvalue weighted by Crippen LogP contribution is -2.38. The summed E-state index contributed by atoms with van der Waals surface area (Å²) in [4.78, 5) is -1.66. The lowest BCUT2D eigenvalue weighted by atomic mass is 9.67. The Hall–Kier alpha value is -1.58. The number of alkyl halides is 2. The predicted molar refractivity (Wildman–Crippen MR) is 133 cm³/mol. The minimum absolute atomic E-state index is 0.832. The van der Waals surface area contributed by atoms with Gasteiger partial charge in [-0.15, -0.1) is 23.2 Å². The quantitative estimate of drug-likeness (QED) is 0.216. The van der Waals surface area contributed by atoms with Crippen LogP contribution in [-0.2, 0) is 9.75 Å². The molecule has 0 heterocycles. The maximum atomic E-state index is 7.57. The van der Waals surface area contributed by atoms with Gasteiger partial charge in [-0.25, -0.2) is 0 Å². The van der Waals surface area contributed by atoms with Gasteiger partial charge in [-0.3, -0.25) is 0 Å². The molecule has 0 unspecified atom stereocenters. The van der Waals surface area contributed by atoms with Gasteiger partial charge in [-0.2, -0.15) is 0 Å². The first-order valence-electron chi connectivity index (χ1n) is 9.55. The van der Waals surface area contributed by atoms with Crippen LogP contribution in [0, 0.1) is 0 Å². The molecule has 0 saturated heterocycles. The van der Waals surface area contributed by atoms with Crippen molar-refractivity contribution >= 4 is 55.1 Å². The first-order chi connectivity index (χ1) is 14.5. The third kappa shape index (κ3) is 2.92. The summed E-state index contributed by atoms with van der Waals surface area (Å²) in [5, 5.41) is 0. The van der Waals surface area contributed by atoms with E-state index in [0.717, 1.165) is 42.3 Å². The summed E-state index contributed by atoms with van der Waals surface area (Å²) in [6.07, 6.45) is 0. The van der Waals surface area contributed by atoms with Crippen molar-refractivity contribution in [2.45, 2.75) is 9.75 Å². The summed E-state index contributed by atoms with van der Waals surface area (Å²) in [6.45, 7) is 0. The van der Waals surface area contributed by atoms with E-state index < -0.39 is 9.75 Å². The van der Waals surface area contributed by atoms with Crippen LogP contribution in [0.4, 0.5) is 0 Å². The average Bonchev–Trinajstić information content (AvgIpc) is 2.78. The van der Waals surface area contributed by atoms with Crippen LogP contribution in [0.5, 0.6) is 0 Å². The number of rotatable bonds is 2. The van der Waals surface area contributed by atoms with Crippen LogP contribution in [0.1, 0.15) is 33.4 Å². The van der Waals surface area contributed by atoms with Gasteiger partial charge < -0.3 is 0 Å². The zero-order valence-electron chi connectivity index (χ0n) is 15.7. The molecular formula is C26H16Br2Cl2. The Bertz CT molecular complexity index is 1090. The molecule has 148 valence electrons. The van der Waals surface area contributed by atoms with E-state index in [2.05, 4.69) is 80.4 Å². The van der Waals surface area contributed by atoms with Gasteiger partial charge in [0, 0.05) is 8.95 Å². The van der Waals surface area contributed by atoms with Crippen molar-refractivity contribution in [3.63, 3.8) is 0 Å². The maximum Gasteiger partial charge on any atom is 0.120 e. The van der Waals surface area contributed by atoms with Crippen molar-refractivity contribution in [2.24, 2.45) is 0 Å². The highest BCUT2D eigenvalue weighted by Crippen LogP contribution is 2.58. The highest BCUT2D eigenvalue weighted by atomic mass is 79.9. The van der Waals surface area contributed by atoms with E-state index in [1.165, 1.54) is 0 Å². The molecule has 1 aliphatic carbocycles. The van der Waals surface area contributed by atoms with E-state index in [-0.39, 0.29) is 0 Å². The van der Waals surface area contributed by atoms with Crippen molar-refractivity contribution in [3.8, 4) is 0 Å². The largest absolute Gasteiger partial charge is 0.120 e. The summed E-state index contributed by atoms with van der Waals surface area (Å²) in [7, 11) is 0. The van der Waals surface area contributed by atoms with Crippen molar-refractivity contribution in [3.05, 3.63) is 139 Å². The molecule has 0 aromatic heterocycles. The van der Waals surface area contributed by atoms with E-state index >= 15 is 0 Å². The molecule has 0 bridgehead atoms. The molecule has 0 spiro atoms. The summed E-state index contributed by atoms with van der Waals surface area (Å²) >= 11 is 22.2. The fourth-order valence-corrected chi connectivity index (χ4v) is 5.88. The molecule has 4 aromatic rings. The Morgan fingerprint density at radius 1 is 0.433 bits per heavy atom. The Kier molecular flexibility index (Phi) is 5.10. The molecular weight excluding hydrogens is 543 g/mol. The third-order valence-electron chi connectivity index (χ3n) is 5.82.